The Morgan fingerprint density at radius 2 is 1.85 bits per heavy atom. The van der Waals surface area contributed by atoms with Crippen molar-refractivity contribution in [3.63, 3.8) is 0 Å². The van der Waals surface area contributed by atoms with Crippen molar-refractivity contribution in [1.29, 1.82) is 5.26 Å². The van der Waals surface area contributed by atoms with Gasteiger partial charge in [0.25, 0.3) is 5.91 Å². The van der Waals surface area contributed by atoms with Crippen molar-refractivity contribution in [1.82, 2.24) is 4.98 Å². The molecule has 0 spiro atoms. The minimum Gasteiger partial charge on any atom is -0.322 e. The zero-order valence-corrected chi connectivity index (χ0v) is 11.7. The van der Waals surface area contributed by atoms with Crippen molar-refractivity contribution in [2.24, 2.45) is 0 Å². The first kappa shape index (κ1) is 13.8. The van der Waals surface area contributed by atoms with Gasteiger partial charge in [-0.1, -0.05) is 17.7 Å². The number of nitrogens with zero attached hydrogens (tertiary/aromatic N) is 2. The number of carbonyl (C=O) groups is 1. The molecule has 100 valence electrons. The molecule has 4 heteroatoms. The molecular formula is C16H15N3O. The molecule has 0 aliphatic heterocycles. The number of aromatic nitrogens is 1. The Morgan fingerprint density at radius 1 is 1.20 bits per heavy atom. The van der Waals surface area contributed by atoms with Crippen LogP contribution >= 0.6 is 0 Å². The Hall–Kier alpha value is -2.67. The van der Waals surface area contributed by atoms with Gasteiger partial charge >= 0.3 is 0 Å². The van der Waals surface area contributed by atoms with Crippen molar-refractivity contribution in [2.75, 3.05) is 5.32 Å². The van der Waals surface area contributed by atoms with Crippen LogP contribution in [0, 0.1) is 32.1 Å². The molecule has 0 unspecified atom stereocenters. The van der Waals surface area contributed by atoms with Crippen LogP contribution in [0.15, 0.2) is 30.5 Å². The van der Waals surface area contributed by atoms with E-state index in [2.05, 4.69) is 10.3 Å². The van der Waals surface area contributed by atoms with E-state index in [1.54, 1.807) is 6.07 Å². The van der Waals surface area contributed by atoms with Crippen LogP contribution in [0.3, 0.4) is 0 Å². The predicted molar refractivity (Wildman–Crippen MR) is 77.6 cm³/mol. The smallest absolute Gasteiger partial charge is 0.255 e. The van der Waals surface area contributed by atoms with E-state index in [4.69, 9.17) is 5.26 Å². The summed E-state index contributed by atoms with van der Waals surface area (Å²) in [7, 11) is 0. The number of hydrogen-bond acceptors (Lipinski definition) is 3. The molecule has 0 saturated carbocycles. The molecule has 0 aliphatic carbocycles. The summed E-state index contributed by atoms with van der Waals surface area (Å²) in [6.07, 6.45) is 1.46. The van der Waals surface area contributed by atoms with Crippen LogP contribution in [0.4, 0.5) is 5.69 Å². The molecule has 2 rings (SSSR count). The van der Waals surface area contributed by atoms with Gasteiger partial charge in [0, 0.05) is 17.4 Å². The number of amides is 1. The number of nitriles is 1. The maximum Gasteiger partial charge on any atom is 0.255 e. The normalized spacial score (nSPS) is 9.90. The molecule has 0 aliphatic rings. The first-order valence-corrected chi connectivity index (χ1v) is 6.26. The molecule has 0 saturated heterocycles. The first-order chi connectivity index (χ1) is 9.51. The summed E-state index contributed by atoms with van der Waals surface area (Å²) in [5, 5.41) is 11.7. The van der Waals surface area contributed by atoms with Crippen LogP contribution in [0.1, 0.15) is 32.7 Å². The number of benzene rings is 1. The number of rotatable bonds is 2. The summed E-state index contributed by atoms with van der Waals surface area (Å²) in [4.78, 5) is 16.1. The fourth-order valence-electron chi connectivity index (χ4n) is 2.20. The van der Waals surface area contributed by atoms with Crippen LogP contribution in [0.5, 0.6) is 0 Å². The third-order valence-electron chi connectivity index (χ3n) is 3.05. The molecule has 1 amide bonds. The monoisotopic (exact) mass is 265 g/mol. The van der Waals surface area contributed by atoms with Crippen LogP contribution in [0.2, 0.25) is 0 Å². The number of hydrogen-bond donors (Lipinski definition) is 1. The van der Waals surface area contributed by atoms with Gasteiger partial charge in [0.1, 0.15) is 11.8 Å². The van der Waals surface area contributed by atoms with Gasteiger partial charge < -0.3 is 5.32 Å². The second-order valence-electron chi connectivity index (χ2n) is 4.77. The van der Waals surface area contributed by atoms with Gasteiger partial charge in [-0.05, 0) is 44.0 Å². The van der Waals surface area contributed by atoms with E-state index in [9.17, 15) is 4.79 Å². The topological polar surface area (TPSA) is 65.8 Å². The number of anilines is 1. The number of aryl methyl sites for hydroxylation is 3. The summed E-state index contributed by atoms with van der Waals surface area (Å²) in [6.45, 7) is 5.94. The SMILES string of the molecule is Cc1cc(C)c(NC(=O)c2ccnc(C#N)c2)c(C)c1. The van der Waals surface area contributed by atoms with Crippen LogP contribution < -0.4 is 5.32 Å². The van der Waals surface area contributed by atoms with Gasteiger partial charge in [-0.2, -0.15) is 5.26 Å². The van der Waals surface area contributed by atoms with E-state index in [1.165, 1.54) is 12.3 Å². The minimum absolute atomic E-state index is 0.231. The van der Waals surface area contributed by atoms with Gasteiger partial charge in [-0.25, -0.2) is 4.98 Å². The van der Waals surface area contributed by atoms with Crippen LogP contribution in [-0.2, 0) is 0 Å². The molecular weight excluding hydrogens is 250 g/mol. The average molecular weight is 265 g/mol. The molecule has 2 aromatic rings. The summed E-state index contributed by atoms with van der Waals surface area (Å²) in [5.41, 5.74) is 4.67. The molecule has 1 N–H and O–H groups in total. The molecule has 1 aromatic heterocycles. The molecule has 4 nitrogen and oxygen atoms in total. The highest BCUT2D eigenvalue weighted by Crippen LogP contribution is 2.22. The van der Waals surface area contributed by atoms with E-state index < -0.39 is 0 Å². The lowest BCUT2D eigenvalue weighted by atomic mass is 10.0. The van der Waals surface area contributed by atoms with E-state index in [-0.39, 0.29) is 11.6 Å². The Bertz CT molecular complexity index is 691. The maximum absolute atomic E-state index is 12.2. The van der Waals surface area contributed by atoms with Crippen molar-refractivity contribution >= 4 is 11.6 Å². The third kappa shape index (κ3) is 2.83. The fraction of sp³-hybridized carbons (Fsp3) is 0.188. The number of pyridine rings is 1. The van der Waals surface area contributed by atoms with Crippen molar-refractivity contribution < 1.29 is 4.79 Å². The quantitative estimate of drug-likeness (QED) is 0.907. The molecule has 0 radical (unpaired) electrons. The Morgan fingerprint density at radius 3 is 2.45 bits per heavy atom. The molecule has 0 bridgehead atoms. The van der Waals surface area contributed by atoms with Crippen molar-refractivity contribution in [2.45, 2.75) is 20.8 Å². The first-order valence-electron chi connectivity index (χ1n) is 6.26. The van der Waals surface area contributed by atoms with E-state index in [1.807, 2.05) is 39.0 Å². The van der Waals surface area contributed by atoms with Crippen molar-refractivity contribution in [3.05, 3.63) is 58.4 Å². The number of nitrogens with one attached hydrogen (secondary N) is 1. The molecule has 1 heterocycles. The summed E-state index contributed by atoms with van der Waals surface area (Å²) in [5.74, 6) is -0.237. The Balaban J connectivity index is 2.31. The zero-order chi connectivity index (χ0) is 14.7. The summed E-state index contributed by atoms with van der Waals surface area (Å²) >= 11 is 0. The molecule has 20 heavy (non-hydrogen) atoms. The van der Waals surface area contributed by atoms with Gasteiger partial charge in [0.05, 0.1) is 0 Å². The Kier molecular flexibility index (Phi) is 3.81. The van der Waals surface area contributed by atoms with Crippen molar-refractivity contribution in [3.8, 4) is 6.07 Å². The maximum atomic E-state index is 12.2. The van der Waals surface area contributed by atoms with Crippen LogP contribution in [-0.4, -0.2) is 10.9 Å². The second-order valence-corrected chi connectivity index (χ2v) is 4.77. The van der Waals surface area contributed by atoms with Gasteiger partial charge in [0.2, 0.25) is 0 Å². The lowest BCUT2D eigenvalue weighted by Gasteiger charge is -2.12. The Labute approximate surface area is 118 Å². The van der Waals surface area contributed by atoms with E-state index >= 15 is 0 Å². The number of carbonyl (C=O) groups excluding carboxylic acids is 1. The highest BCUT2D eigenvalue weighted by molar-refractivity contribution is 6.05. The molecule has 0 fully saturated rings. The highest BCUT2D eigenvalue weighted by atomic mass is 16.1. The summed E-state index contributed by atoms with van der Waals surface area (Å²) < 4.78 is 0. The average Bonchev–Trinajstić information content (AvgIpc) is 2.42. The summed E-state index contributed by atoms with van der Waals surface area (Å²) in [6, 6.07) is 9.05. The third-order valence-corrected chi connectivity index (χ3v) is 3.05. The lowest BCUT2D eigenvalue weighted by molar-refractivity contribution is 0.102. The fourth-order valence-corrected chi connectivity index (χ4v) is 2.20. The largest absolute Gasteiger partial charge is 0.322 e. The minimum atomic E-state index is -0.237. The molecule has 1 aromatic carbocycles. The van der Waals surface area contributed by atoms with Gasteiger partial charge in [0.15, 0.2) is 0 Å². The molecule has 0 atom stereocenters. The van der Waals surface area contributed by atoms with E-state index in [0.717, 1.165) is 22.4 Å². The van der Waals surface area contributed by atoms with Crippen LogP contribution in [0.25, 0.3) is 0 Å². The predicted octanol–water partition coefficient (Wildman–Crippen LogP) is 3.13. The van der Waals surface area contributed by atoms with Gasteiger partial charge in [-0.3, -0.25) is 4.79 Å². The standard InChI is InChI=1S/C16H15N3O/c1-10-6-11(2)15(12(3)7-10)19-16(20)13-4-5-18-14(8-13)9-17/h4-8H,1-3H3,(H,19,20). The van der Waals surface area contributed by atoms with E-state index in [0.29, 0.717) is 5.56 Å². The zero-order valence-electron chi connectivity index (χ0n) is 11.7. The highest BCUT2D eigenvalue weighted by Gasteiger charge is 2.11. The van der Waals surface area contributed by atoms with Gasteiger partial charge in [-0.15, -0.1) is 0 Å². The lowest BCUT2D eigenvalue weighted by Crippen LogP contribution is -2.14. The second kappa shape index (κ2) is 5.54.